The molecule has 0 bridgehead atoms. The molecule has 146 valence electrons. The van der Waals surface area contributed by atoms with E-state index in [0.29, 0.717) is 31.1 Å². The molecule has 0 aliphatic carbocycles. The molecule has 3 amide bonds. The van der Waals surface area contributed by atoms with E-state index >= 15 is 0 Å². The van der Waals surface area contributed by atoms with Crippen LogP contribution in [0.3, 0.4) is 0 Å². The molecule has 3 rings (SSSR count). The van der Waals surface area contributed by atoms with Crippen molar-refractivity contribution < 1.29 is 19.1 Å². The fraction of sp³-hybridized carbons (Fsp3) is 0.286. The fourth-order valence-corrected chi connectivity index (χ4v) is 3.10. The Morgan fingerprint density at radius 1 is 1.04 bits per heavy atom. The van der Waals surface area contributed by atoms with Gasteiger partial charge in [-0.1, -0.05) is 36.4 Å². The number of amides is 3. The number of piperazine rings is 1. The number of methoxy groups -OCH3 is 1. The molecule has 1 fully saturated rings. The second kappa shape index (κ2) is 8.56. The van der Waals surface area contributed by atoms with Crippen molar-refractivity contribution in [3.63, 3.8) is 0 Å². The second-order valence-electron chi connectivity index (χ2n) is 6.69. The number of carbonyl (C=O) groups excluding carboxylic acids is 3. The third-order valence-electron chi connectivity index (χ3n) is 4.58. The first-order valence-electron chi connectivity index (χ1n) is 9.04. The first-order chi connectivity index (χ1) is 13.5. The molecule has 0 saturated carbocycles. The minimum Gasteiger partial charge on any atom is -0.495 e. The number of nitrogens with zero attached hydrogens (tertiary/aromatic N) is 2. The zero-order valence-electron chi connectivity index (χ0n) is 16.0. The maximum Gasteiger partial charge on any atom is 0.312 e. The average molecular weight is 381 g/mol. The number of hydrogen-bond donors (Lipinski definition) is 1. The van der Waals surface area contributed by atoms with Crippen molar-refractivity contribution >= 4 is 23.4 Å². The number of carbonyl (C=O) groups is 3. The molecule has 7 heteroatoms. The van der Waals surface area contributed by atoms with Crippen LogP contribution in [0.4, 0.5) is 5.69 Å². The van der Waals surface area contributed by atoms with E-state index in [1.165, 1.54) is 16.9 Å². The summed E-state index contributed by atoms with van der Waals surface area (Å²) in [4.78, 5) is 40.0. The molecule has 1 aliphatic heterocycles. The third-order valence-corrected chi connectivity index (χ3v) is 4.58. The highest BCUT2D eigenvalue weighted by molar-refractivity contribution is 6.35. The van der Waals surface area contributed by atoms with Gasteiger partial charge in [-0.05, 0) is 30.2 Å². The van der Waals surface area contributed by atoms with Crippen LogP contribution in [0.1, 0.15) is 11.1 Å². The van der Waals surface area contributed by atoms with Gasteiger partial charge in [0.05, 0.1) is 12.8 Å². The van der Waals surface area contributed by atoms with Crippen LogP contribution in [0.5, 0.6) is 5.75 Å². The molecular weight excluding hydrogens is 358 g/mol. The van der Waals surface area contributed by atoms with Gasteiger partial charge in [0.15, 0.2) is 0 Å². The molecule has 7 nitrogen and oxygen atoms in total. The van der Waals surface area contributed by atoms with Gasteiger partial charge in [-0.15, -0.1) is 0 Å². The number of aryl methyl sites for hydroxylation is 1. The van der Waals surface area contributed by atoms with E-state index in [1.54, 1.807) is 12.1 Å². The molecule has 1 saturated heterocycles. The summed E-state index contributed by atoms with van der Waals surface area (Å²) in [7, 11) is 1.52. The van der Waals surface area contributed by atoms with Crippen LogP contribution >= 0.6 is 0 Å². The van der Waals surface area contributed by atoms with Crippen LogP contribution in [0.15, 0.2) is 48.5 Å². The normalized spacial score (nSPS) is 14.2. The monoisotopic (exact) mass is 381 g/mol. The molecule has 2 aromatic carbocycles. The smallest absolute Gasteiger partial charge is 0.312 e. The Bertz CT molecular complexity index is 882. The largest absolute Gasteiger partial charge is 0.495 e. The number of benzene rings is 2. The van der Waals surface area contributed by atoms with E-state index in [0.717, 1.165) is 11.1 Å². The van der Waals surface area contributed by atoms with Gasteiger partial charge in [0.1, 0.15) is 12.3 Å². The Morgan fingerprint density at radius 2 is 1.71 bits per heavy atom. The summed E-state index contributed by atoms with van der Waals surface area (Å²) in [5, 5.41) is 2.75. The first kappa shape index (κ1) is 19.4. The van der Waals surface area contributed by atoms with Crippen molar-refractivity contribution in [1.29, 1.82) is 0 Å². The van der Waals surface area contributed by atoms with E-state index in [9.17, 15) is 14.4 Å². The molecular formula is C21H23N3O4. The summed E-state index contributed by atoms with van der Waals surface area (Å²) in [6.07, 6.45) is 0. The molecule has 0 atom stereocenters. The lowest BCUT2D eigenvalue weighted by atomic mass is 10.2. The van der Waals surface area contributed by atoms with Gasteiger partial charge in [0.25, 0.3) is 0 Å². The van der Waals surface area contributed by atoms with Crippen molar-refractivity contribution in [2.75, 3.05) is 32.1 Å². The van der Waals surface area contributed by atoms with Gasteiger partial charge in [-0.25, -0.2) is 0 Å². The Hall–Kier alpha value is -3.35. The second-order valence-corrected chi connectivity index (χ2v) is 6.69. The Kier molecular flexibility index (Phi) is 5.93. The summed E-state index contributed by atoms with van der Waals surface area (Å²) >= 11 is 0. The maximum atomic E-state index is 12.4. The lowest BCUT2D eigenvalue weighted by molar-refractivity contribution is -0.157. The molecule has 1 aliphatic rings. The highest BCUT2D eigenvalue weighted by atomic mass is 16.5. The number of rotatable bonds is 6. The van der Waals surface area contributed by atoms with Crippen LogP contribution < -0.4 is 10.1 Å². The highest BCUT2D eigenvalue weighted by Gasteiger charge is 2.33. The van der Waals surface area contributed by atoms with Crippen molar-refractivity contribution in [1.82, 2.24) is 9.80 Å². The Labute approximate surface area is 163 Å². The van der Waals surface area contributed by atoms with Gasteiger partial charge in [0.2, 0.25) is 5.91 Å². The summed E-state index contributed by atoms with van der Waals surface area (Å²) < 4.78 is 5.24. The predicted molar refractivity (Wildman–Crippen MR) is 105 cm³/mol. The Morgan fingerprint density at radius 3 is 2.43 bits per heavy atom. The van der Waals surface area contributed by atoms with Gasteiger partial charge in [-0.3, -0.25) is 14.4 Å². The minimum absolute atomic E-state index is 0.180. The summed E-state index contributed by atoms with van der Waals surface area (Å²) in [5.41, 5.74) is 2.47. The maximum absolute atomic E-state index is 12.4. The molecule has 0 radical (unpaired) electrons. The number of hydrogen-bond acceptors (Lipinski definition) is 4. The van der Waals surface area contributed by atoms with E-state index < -0.39 is 11.8 Å². The van der Waals surface area contributed by atoms with Crippen LogP contribution in [0.25, 0.3) is 0 Å². The molecule has 28 heavy (non-hydrogen) atoms. The van der Waals surface area contributed by atoms with Crippen LogP contribution in [0.2, 0.25) is 0 Å². The van der Waals surface area contributed by atoms with Crippen molar-refractivity contribution in [3.05, 3.63) is 59.7 Å². The van der Waals surface area contributed by atoms with Crippen molar-refractivity contribution in [3.8, 4) is 5.75 Å². The molecule has 0 unspecified atom stereocenters. The topological polar surface area (TPSA) is 79.0 Å². The number of ether oxygens (including phenoxy) is 1. The molecule has 1 N–H and O–H groups in total. The van der Waals surface area contributed by atoms with E-state index in [2.05, 4.69) is 5.32 Å². The zero-order valence-corrected chi connectivity index (χ0v) is 16.0. The molecule has 2 aromatic rings. The lowest BCUT2D eigenvalue weighted by Gasteiger charge is -2.33. The fourth-order valence-electron chi connectivity index (χ4n) is 3.10. The summed E-state index contributed by atoms with van der Waals surface area (Å²) in [5.74, 6) is -1.08. The van der Waals surface area contributed by atoms with E-state index in [1.807, 2.05) is 43.3 Å². The summed E-state index contributed by atoms with van der Waals surface area (Å²) in [6, 6.07) is 14.9. The first-order valence-corrected chi connectivity index (χ1v) is 9.04. The highest BCUT2D eigenvalue weighted by Crippen LogP contribution is 2.25. The summed E-state index contributed by atoms with van der Waals surface area (Å²) in [6.45, 7) is 2.81. The minimum atomic E-state index is -0.659. The standard InChI is InChI=1S/C21H23N3O4/c1-15-8-9-18(28-2)17(12-15)22-19(25)14-24-11-10-23(20(26)21(24)27)13-16-6-4-3-5-7-16/h3-9,12H,10-11,13-14H2,1-2H3,(H,22,25). The zero-order chi connectivity index (χ0) is 20.1. The van der Waals surface area contributed by atoms with Crippen LogP contribution in [-0.4, -0.2) is 54.3 Å². The van der Waals surface area contributed by atoms with E-state index in [-0.39, 0.29) is 12.5 Å². The number of nitrogens with one attached hydrogen (secondary N) is 1. The van der Waals surface area contributed by atoms with Crippen LogP contribution in [-0.2, 0) is 20.9 Å². The van der Waals surface area contributed by atoms with Gasteiger partial charge in [0, 0.05) is 19.6 Å². The lowest BCUT2D eigenvalue weighted by Crippen LogP contribution is -2.55. The van der Waals surface area contributed by atoms with E-state index in [4.69, 9.17) is 4.74 Å². The van der Waals surface area contributed by atoms with Gasteiger partial charge < -0.3 is 19.9 Å². The predicted octanol–water partition coefficient (Wildman–Crippen LogP) is 1.81. The average Bonchev–Trinajstić information content (AvgIpc) is 2.69. The van der Waals surface area contributed by atoms with Crippen molar-refractivity contribution in [2.45, 2.75) is 13.5 Å². The van der Waals surface area contributed by atoms with Gasteiger partial charge >= 0.3 is 11.8 Å². The SMILES string of the molecule is COc1ccc(C)cc1NC(=O)CN1CCN(Cc2ccccc2)C(=O)C1=O. The molecule has 1 heterocycles. The quantitative estimate of drug-likeness (QED) is 0.774. The van der Waals surface area contributed by atoms with Crippen molar-refractivity contribution in [2.24, 2.45) is 0 Å². The number of anilines is 1. The molecule has 0 aromatic heterocycles. The third kappa shape index (κ3) is 4.49. The molecule has 0 spiro atoms. The Balaban J connectivity index is 1.60. The van der Waals surface area contributed by atoms with Crippen LogP contribution in [0, 0.1) is 6.92 Å². The van der Waals surface area contributed by atoms with Gasteiger partial charge in [-0.2, -0.15) is 0 Å².